The van der Waals surface area contributed by atoms with Gasteiger partial charge in [0.2, 0.25) is 0 Å². The average Bonchev–Trinajstić information content (AvgIpc) is 2.90. The Morgan fingerprint density at radius 2 is 2.15 bits per heavy atom. The lowest BCUT2D eigenvalue weighted by Gasteiger charge is -2.11. The van der Waals surface area contributed by atoms with Crippen molar-refractivity contribution in [3.63, 3.8) is 0 Å². The van der Waals surface area contributed by atoms with Crippen LogP contribution in [0.2, 0.25) is 5.02 Å². The fourth-order valence-corrected chi connectivity index (χ4v) is 3.74. The Morgan fingerprint density at radius 1 is 1.41 bits per heavy atom. The molecule has 1 atom stereocenters. The molecule has 1 aromatic carbocycles. The maximum atomic E-state index is 13.1. The Balaban J connectivity index is 1.76. The van der Waals surface area contributed by atoms with Crippen LogP contribution in [0.15, 0.2) is 29.1 Å². The van der Waals surface area contributed by atoms with E-state index >= 15 is 0 Å². The van der Waals surface area contributed by atoms with Gasteiger partial charge in [-0.3, -0.25) is 4.79 Å². The number of carbonyl (C=O) groups excluding carboxylic acids is 1. The standard InChI is InChI=1S/C19H16ClFN2O3S/c1-9-11(3)27-19-16(9)18(25)22-17(23-19)10(2)26-15(24)7-5-12-4-6-14(21)13(20)8-12/h4-8,10H,1-3H3,(H,22,23,25)/b7-5+/t10-/m0/s1. The largest absolute Gasteiger partial charge is 0.451 e. The molecule has 0 fully saturated rings. The number of aromatic nitrogens is 2. The topological polar surface area (TPSA) is 72.0 Å². The molecular formula is C19H16ClFN2O3S. The number of fused-ring (bicyclic) bond motifs is 1. The second-order valence-electron chi connectivity index (χ2n) is 6.00. The number of nitrogens with one attached hydrogen (secondary N) is 1. The third-order valence-electron chi connectivity index (χ3n) is 4.09. The highest BCUT2D eigenvalue weighted by Gasteiger charge is 2.17. The summed E-state index contributed by atoms with van der Waals surface area (Å²) < 4.78 is 18.4. The summed E-state index contributed by atoms with van der Waals surface area (Å²) in [6.45, 7) is 5.43. The maximum Gasteiger partial charge on any atom is 0.331 e. The number of thiophene rings is 1. The molecule has 0 radical (unpaired) electrons. The molecule has 0 aliphatic carbocycles. The van der Waals surface area contributed by atoms with Crippen molar-refractivity contribution in [1.82, 2.24) is 9.97 Å². The summed E-state index contributed by atoms with van der Waals surface area (Å²) in [6.07, 6.45) is 1.93. The number of hydrogen-bond acceptors (Lipinski definition) is 5. The number of ether oxygens (including phenoxy) is 1. The van der Waals surface area contributed by atoms with Crippen LogP contribution in [0.1, 0.15) is 34.9 Å². The van der Waals surface area contributed by atoms with Crippen molar-refractivity contribution in [3.05, 3.63) is 67.3 Å². The second-order valence-corrected chi connectivity index (χ2v) is 7.61. The van der Waals surface area contributed by atoms with E-state index < -0.39 is 17.9 Å². The molecule has 0 saturated heterocycles. The predicted octanol–water partition coefficient (Wildman–Crippen LogP) is 4.71. The number of aryl methyl sites for hydroxylation is 2. The van der Waals surface area contributed by atoms with E-state index in [4.69, 9.17) is 16.3 Å². The van der Waals surface area contributed by atoms with Gasteiger partial charge in [-0.15, -0.1) is 11.3 Å². The van der Waals surface area contributed by atoms with E-state index in [-0.39, 0.29) is 16.4 Å². The van der Waals surface area contributed by atoms with Crippen molar-refractivity contribution >= 4 is 45.2 Å². The second kappa shape index (κ2) is 7.62. The lowest BCUT2D eigenvalue weighted by molar-refractivity contribution is -0.142. The first kappa shape index (κ1) is 19.3. The van der Waals surface area contributed by atoms with Crippen LogP contribution in [0.3, 0.4) is 0 Å². The number of nitrogens with zero attached hydrogens (tertiary/aromatic N) is 1. The van der Waals surface area contributed by atoms with Crippen LogP contribution in [0.25, 0.3) is 16.3 Å². The zero-order valence-electron chi connectivity index (χ0n) is 14.8. The van der Waals surface area contributed by atoms with Gasteiger partial charge >= 0.3 is 5.97 Å². The van der Waals surface area contributed by atoms with Crippen LogP contribution in [-0.2, 0) is 9.53 Å². The van der Waals surface area contributed by atoms with Crippen molar-refractivity contribution in [1.29, 1.82) is 0 Å². The molecule has 2 aromatic heterocycles. The zero-order chi connectivity index (χ0) is 19.7. The maximum absolute atomic E-state index is 13.1. The molecule has 3 aromatic rings. The molecular weight excluding hydrogens is 391 g/mol. The van der Waals surface area contributed by atoms with Crippen molar-refractivity contribution in [2.75, 3.05) is 0 Å². The molecule has 5 nitrogen and oxygen atoms in total. The van der Waals surface area contributed by atoms with Gasteiger partial charge in [0.15, 0.2) is 11.9 Å². The number of hydrogen-bond donors (Lipinski definition) is 1. The minimum atomic E-state index is -0.737. The Kier molecular flexibility index (Phi) is 5.43. The van der Waals surface area contributed by atoms with Gasteiger partial charge in [0.05, 0.1) is 10.4 Å². The van der Waals surface area contributed by atoms with Gasteiger partial charge in [0.25, 0.3) is 5.56 Å². The van der Waals surface area contributed by atoms with E-state index in [2.05, 4.69) is 9.97 Å². The van der Waals surface area contributed by atoms with E-state index in [9.17, 15) is 14.0 Å². The first-order valence-electron chi connectivity index (χ1n) is 8.10. The van der Waals surface area contributed by atoms with Crippen molar-refractivity contribution < 1.29 is 13.9 Å². The van der Waals surface area contributed by atoms with Crippen molar-refractivity contribution in [2.45, 2.75) is 26.9 Å². The SMILES string of the molecule is Cc1sc2nc([C@H](C)OC(=O)/C=C/c3ccc(F)c(Cl)c3)[nH]c(=O)c2c1C. The number of halogens is 2. The number of carbonyl (C=O) groups is 1. The third-order valence-corrected chi connectivity index (χ3v) is 5.48. The van der Waals surface area contributed by atoms with Crippen molar-refractivity contribution in [3.8, 4) is 0 Å². The molecule has 2 heterocycles. The summed E-state index contributed by atoms with van der Waals surface area (Å²) in [6, 6.07) is 4.10. The Morgan fingerprint density at radius 3 is 2.85 bits per heavy atom. The first-order chi connectivity index (χ1) is 12.8. The molecule has 0 saturated carbocycles. The predicted molar refractivity (Wildman–Crippen MR) is 105 cm³/mol. The molecule has 1 N–H and O–H groups in total. The quantitative estimate of drug-likeness (QED) is 0.503. The molecule has 140 valence electrons. The number of rotatable bonds is 4. The van der Waals surface area contributed by atoms with Gasteiger partial charge in [-0.1, -0.05) is 17.7 Å². The molecule has 8 heteroatoms. The molecule has 0 amide bonds. The first-order valence-corrected chi connectivity index (χ1v) is 9.29. The van der Waals surface area contributed by atoms with E-state index in [0.29, 0.717) is 15.8 Å². The number of aromatic amines is 1. The van der Waals surface area contributed by atoms with Gasteiger partial charge in [-0.2, -0.15) is 0 Å². The summed E-state index contributed by atoms with van der Waals surface area (Å²) in [7, 11) is 0. The molecule has 0 bridgehead atoms. The monoisotopic (exact) mass is 406 g/mol. The van der Waals surface area contributed by atoms with Crippen LogP contribution in [0.5, 0.6) is 0 Å². The van der Waals surface area contributed by atoms with Crippen LogP contribution in [-0.4, -0.2) is 15.9 Å². The highest BCUT2D eigenvalue weighted by molar-refractivity contribution is 7.18. The van der Waals surface area contributed by atoms with E-state index in [1.807, 2.05) is 13.8 Å². The number of esters is 1. The smallest absolute Gasteiger partial charge is 0.331 e. The van der Waals surface area contributed by atoms with Crippen LogP contribution in [0.4, 0.5) is 4.39 Å². The fourth-order valence-electron chi connectivity index (χ4n) is 2.51. The summed E-state index contributed by atoms with van der Waals surface area (Å²) in [4.78, 5) is 33.1. The molecule has 0 unspecified atom stereocenters. The molecule has 27 heavy (non-hydrogen) atoms. The average molecular weight is 407 g/mol. The van der Waals surface area contributed by atoms with Crippen LogP contribution >= 0.6 is 22.9 Å². The number of H-pyrrole nitrogens is 1. The fraction of sp³-hybridized carbons (Fsp3) is 0.211. The van der Waals surface area contributed by atoms with E-state index in [1.165, 1.54) is 41.7 Å². The summed E-state index contributed by atoms with van der Waals surface area (Å²) in [5.74, 6) is -0.876. The molecule has 3 rings (SSSR count). The van der Waals surface area contributed by atoms with Gasteiger partial charge in [-0.25, -0.2) is 14.2 Å². The Labute approximate surface area is 163 Å². The zero-order valence-corrected chi connectivity index (χ0v) is 16.4. The third kappa shape index (κ3) is 4.09. The van der Waals surface area contributed by atoms with E-state index in [0.717, 1.165) is 10.4 Å². The Hall–Kier alpha value is -2.51. The minimum Gasteiger partial charge on any atom is -0.451 e. The van der Waals surface area contributed by atoms with Gasteiger partial charge < -0.3 is 9.72 Å². The van der Waals surface area contributed by atoms with Gasteiger partial charge in [-0.05, 0) is 50.1 Å². The lowest BCUT2D eigenvalue weighted by atomic mass is 10.2. The highest BCUT2D eigenvalue weighted by Crippen LogP contribution is 2.27. The number of benzene rings is 1. The van der Waals surface area contributed by atoms with Crippen LogP contribution in [0, 0.1) is 19.7 Å². The minimum absolute atomic E-state index is 0.0319. The van der Waals surface area contributed by atoms with Gasteiger partial charge in [0, 0.05) is 11.0 Å². The van der Waals surface area contributed by atoms with E-state index in [1.54, 1.807) is 6.92 Å². The molecule has 0 spiro atoms. The molecule has 0 aliphatic heterocycles. The van der Waals surface area contributed by atoms with Crippen LogP contribution < -0.4 is 5.56 Å². The summed E-state index contributed by atoms with van der Waals surface area (Å²) >= 11 is 7.13. The lowest BCUT2D eigenvalue weighted by Crippen LogP contribution is -2.16. The van der Waals surface area contributed by atoms with Gasteiger partial charge in [0.1, 0.15) is 10.6 Å². The highest BCUT2D eigenvalue weighted by atomic mass is 35.5. The van der Waals surface area contributed by atoms with Crippen molar-refractivity contribution in [2.24, 2.45) is 0 Å². The molecule has 0 aliphatic rings. The normalized spacial score (nSPS) is 12.6. The Bertz CT molecular complexity index is 1120. The summed E-state index contributed by atoms with van der Waals surface area (Å²) in [5, 5.41) is 0.531. The summed E-state index contributed by atoms with van der Waals surface area (Å²) in [5.41, 5.74) is 1.21.